The fourth-order valence-corrected chi connectivity index (χ4v) is 1.90. The first kappa shape index (κ1) is 8.09. The Hall–Kier alpha value is -0.530. The van der Waals surface area contributed by atoms with Gasteiger partial charge in [0, 0.05) is 12.0 Å². The summed E-state index contributed by atoms with van der Waals surface area (Å²) in [6, 6.07) is 7.32. The van der Waals surface area contributed by atoms with E-state index in [4.69, 9.17) is 23.2 Å². The lowest BCUT2D eigenvalue weighted by Crippen LogP contribution is -2.20. The summed E-state index contributed by atoms with van der Waals surface area (Å²) in [5.41, 5.74) is 1.59. The second-order valence-electron chi connectivity index (χ2n) is 2.87. The fraction of sp³-hybridized carbons (Fsp3) is 0.222. The first-order valence-corrected chi connectivity index (χ1v) is 4.37. The van der Waals surface area contributed by atoms with Gasteiger partial charge < -0.3 is 0 Å². The molecule has 0 unspecified atom stereocenters. The largest absolute Gasteiger partial charge is 0.291 e. The highest BCUT2D eigenvalue weighted by Gasteiger charge is 2.41. The summed E-state index contributed by atoms with van der Waals surface area (Å²) in [6.07, 6.45) is 0.422. The Labute approximate surface area is 80.3 Å². The Morgan fingerprint density at radius 2 is 1.92 bits per heavy atom. The summed E-state index contributed by atoms with van der Waals surface area (Å²) in [7, 11) is 0. The lowest BCUT2D eigenvalue weighted by atomic mass is 10.1. The molecule has 0 aromatic heterocycles. The van der Waals surface area contributed by atoms with E-state index in [9.17, 15) is 4.79 Å². The first-order chi connectivity index (χ1) is 5.61. The third-order valence-corrected chi connectivity index (χ3v) is 2.62. The molecule has 0 fully saturated rings. The molecule has 0 N–H and O–H groups in total. The summed E-state index contributed by atoms with van der Waals surface area (Å²) >= 11 is 11.6. The minimum Gasteiger partial charge on any atom is -0.291 e. The molecule has 2 rings (SSSR count). The van der Waals surface area contributed by atoms with Crippen molar-refractivity contribution < 1.29 is 4.79 Å². The van der Waals surface area contributed by atoms with Gasteiger partial charge in [0.05, 0.1) is 0 Å². The van der Waals surface area contributed by atoms with E-state index in [0.717, 1.165) is 5.56 Å². The Balaban J connectivity index is 2.57. The van der Waals surface area contributed by atoms with Crippen LogP contribution in [-0.2, 0) is 6.42 Å². The molecule has 0 saturated heterocycles. The topological polar surface area (TPSA) is 17.1 Å². The molecule has 12 heavy (non-hydrogen) atoms. The van der Waals surface area contributed by atoms with Gasteiger partial charge in [0.25, 0.3) is 0 Å². The van der Waals surface area contributed by atoms with Gasteiger partial charge in [0.15, 0.2) is 10.1 Å². The van der Waals surface area contributed by atoms with Crippen molar-refractivity contribution in [2.24, 2.45) is 0 Å². The summed E-state index contributed by atoms with van der Waals surface area (Å²) in [6.45, 7) is 0. The number of benzene rings is 1. The summed E-state index contributed by atoms with van der Waals surface area (Å²) < 4.78 is -1.23. The van der Waals surface area contributed by atoms with Crippen molar-refractivity contribution in [2.75, 3.05) is 0 Å². The second kappa shape index (κ2) is 2.48. The van der Waals surface area contributed by atoms with Gasteiger partial charge in [-0.25, -0.2) is 0 Å². The Morgan fingerprint density at radius 3 is 2.58 bits per heavy atom. The normalized spacial score (nSPS) is 19.3. The highest BCUT2D eigenvalue weighted by atomic mass is 35.5. The summed E-state index contributed by atoms with van der Waals surface area (Å²) in [4.78, 5) is 11.5. The number of rotatable bonds is 0. The van der Waals surface area contributed by atoms with Crippen molar-refractivity contribution in [3.8, 4) is 0 Å². The number of carbonyl (C=O) groups is 1. The molecule has 0 aliphatic heterocycles. The van der Waals surface area contributed by atoms with Crippen LogP contribution in [0, 0.1) is 0 Å². The van der Waals surface area contributed by atoms with Gasteiger partial charge in [0.1, 0.15) is 0 Å². The monoisotopic (exact) mass is 200 g/mol. The van der Waals surface area contributed by atoms with E-state index in [2.05, 4.69) is 0 Å². The smallest absolute Gasteiger partial charge is 0.199 e. The van der Waals surface area contributed by atoms with E-state index < -0.39 is 4.33 Å². The molecular formula is C9H6Cl2O. The van der Waals surface area contributed by atoms with Gasteiger partial charge >= 0.3 is 0 Å². The van der Waals surface area contributed by atoms with E-state index in [1.54, 1.807) is 6.07 Å². The van der Waals surface area contributed by atoms with Crippen LogP contribution in [0.3, 0.4) is 0 Å². The zero-order valence-corrected chi connectivity index (χ0v) is 7.69. The predicted octanol–water partition coefficient (Wildman–Crippen LogP) is 2.60. The third kappa shape index (κ3) is 1.05. The van der Waals surface area contributed by atoms with Crippen LogP contribution in [0.5, 0.6) is 0 Å². The van der Waals surface area contributed by atoms with Crippen LogP contribution in [0.2, 0.25) is 0 Å². The number of carbonyl (C=O) groups excluding carboxylic acids is 1. The predicted molar refractivity (Wildman–Crippen MR) is 48.9 cm³/mol. The van der Waals surface area contributed by atoms with E-state index in [1.165, 1.54) is 0 Å². The maximum atomic E-state index is 11.5. The molecule has 1 aliphatic carbocycles. The molecule has 0 spiro atoms. The van der Waals surface area contributed by atoms with Crippen molar-refractivity contribution in [1.82, 2.24) is 0 Å². The Bertz CT molecular complexity index is 344. The van der Waals surface area contributed by atoms with E-state index >= 15 is 0 Å². The maximum absolute atomic E-state index is 11.5. The summed E-state index contributed by atoms with van der Waals surface area (Å²) in [5, 5.41) is 0. The van der Waals surface area contributed by atoms with Gasteiger partial charge in [0.2, 0.25) is 0 Å². The number of halogens is 2. The average molecular weight is 201 g/mol. The average Bonchev–Trinajstić information content (AvgIpc) is 2.24. The SMILES string of the molecule is O=C1c2ccccc2CC1(Cl)Cl. The number of fused-ring (bicyclic) bond motifs is 1. The molecule has 62 valence electrons. The molecule has 1 aromatic carbocycles. The second-order valence-corrected chi connectivity index (χ2v) is 4.35. The fourth-order valence-electron chi connectivity index (χ4n) is 1.41. The third-order valence-electron chi connectivity index (χ3n) is 2.01. The quantitative estimate of drug-likeness (QED) is 0.589. The van der Waals surface area contributed by atoms with Crippen LogP contribution in [0.25, 0.3) is 0 Å². The molecule has 1 aliphatic rings. The van der Waals surface area contributed by atoms with Crippen molar-refractivity contribution in [1.29, 1.82) is 0 Å². The van der Waals surface area contributed by atoms with Gasteiger partial charge in [-0.3, -0.25) is 4.79 Å². The lowest BCUT2D eigenvalue weighted by Gasteiger charge is -2.06. The van der Waals surface area contributed by atoms with Gasteiger partial charge in [-0.2, -0.15) is 0 Å². The number of Topliss-reactive ketones (excluding diaryl/α,β-unsaturated/α-hetero) is 1. The summed E-state index contributed by atoms with van der Waals surface area (Å²) in [5.74, 6) is -0.179. The molecule has 0 saturated carbocycles. The van der Waals surface area contributed by atoms with Crippen LogP contribution in [0.4, 0.5) is 0 Å². The lowest BCUT2D eigenvalue weighted by molar-refractivity contribution is 0.0985. The highest BCUT2D eigenvalue weighted by Crippen LogP contribution is 2.37. The minimum atomic E-state index is -1.23. The first-order valence-electron chi connectivity index (χ1n) is 3.62. The molecule has 0 amide bonds. The van der Waals surface area contributed by atoms with Crippen LogP contribution in [0.15, 0.2) is 24.3 Å². The molecule has 0 atom stereocenters. The minimum absolute atomic E-state index is 0.179. The van der Waals surface area contributed by atoms with E-state index in [1.807, 2.05) is 18.2 Å². The molecule has 0 bridgehead atoms. The molecule has 0 radical (unpaired) electrons. The van der Waals surface area contributed by atoms with Crippen LogP contribution < -0.4 is 0 Å². The van der Waals surface area contributed by atoms with Gasteiger partial charge in [-0.15, -0.1) is 0 Å². The molecule has 0 heterocycles. The molecule has 1 aromatic rings. The number of ketones is 1. The number of hydrogen-bond acceptors (Lipinski definition) is 1. The zero-order chi connectivity index (χ0) is 8.77. The standard InChI is InChI=1S/C9H6Cl2O/c10-9(11)5-6-3-1-2-4-7(6)8(9)12/h1-4H,5H2. The number of alkyl halides is 2. The van der Waals surface area contributed by atoms with Crippen molar-refractivity contribution >= 4 is 29.0 Å². The van der Waals surface area contributed by atoms with E-state index in [-0.39, 0.29) is 5.78 Å². The van der Waals surface area contributed by atoms with E-state index in [0.29, 0.717) is 12.0 Å². The van der Waals surface area contributed by atoms with Crippen LogP contribution in [0.1, 0.15) is 15.9 Å². The zero-order valence-electron chi connectivity index (χ0n) is 6.18. The van der Waals surface area contributed by atoms with Gasteiger partial charge in [-0.1, -0.05) is 47.5 Å². The van der Waals surface area contributed by atoms with Crippen molar-refractivity contribution in [3.05, 3.63) is 35.4 Å². The van der Waals surface area contributed by atoms with Crippen LogP contribution >= 0.6 is 23.2 Å². The Morgan fingerprint density at radius 1 is 1.25 bits per heavy atom. The highest BCUT2D eigenvalue weighted by molar-refractivity contribution is 6.61. The van der Waals surface area contributed by atoms with Crippen molar-refractivity contribution in [3.63, 3.8) is 0 Å². The van der Waals surface area contributed by atoms with Gasteiger partial charge in [-0.05, 0) is 5.56 Å². The molecule has 1 nitrogen and oxygen atoms in total. The van der Waals surface area contributed by atoms with Crippen molar-refractivity contribution in [2.45, 2.75) is 10.8 Å². The molecular weight excluding hydrogens is 195 g/mol. The van der Waals surface area contributed by atoms with Crippen LogP contribution in [-0.4, -0.2) is 10.1 Å². The number of hydrogen-bond donors (Lipinski definition) is 0. The maximum Gasteiger partial charge on any atom is 0.199 e. The Kier molecular flexibility index (Phi) is 1.67. The molecule has 3 heteroatoms.